The zero-order chi connectivity index (χ0) is 21.8. The van der Waals surface area contributed by atoms with Crippen molar-refractivity contribution in [1.82, 2.24) is 29.9 Å². The summed E-state index contributed by atoms with van der Waals surface area (Å²) in [5.74, 6) is 0.276. The maximum absolute atomic E-state index is 4.93. The first-order chi connectivity index (χ1) is 15.6. The predicted molar refractivity (Wildman–Crippen MR) is 130 cm³/mol. The van der Waals surface area contributed by atoms with Crippen molar-refractivity contribution in [3.05, 3.63) is 82.0 Å². The van der Waals surface area contributed by atoms with Gasteiger partial charge in [-0.25, -0.2) is 4.98 Å². The summed E-state index contributed by atoms with van der Waals surface area (Å²) >= 11 is 1.82. The van der Waals surface area contributed by atoms with Crippen molar-refractivity contribution in [2.45, 2.75) is 19.8 Å². The second-order valence-electron chi connectivity index (χ2n) is 8.24. The van der Waals surface area contributed by atoms with Gasteiger partial charge in [0.1, 0.15) is 11.2 Å². The minimum atomic E-state index is 0.276. The van der Waals surface area contributed by atoms with E-state index in [1.54, 1.807) is 4.68 Å². The Morgan fingerprint density at radius 2 is 2.06 bits per heavy atom. The van der Waals surface area contributed by atoms with Gasteiger partial charge in [0.25, 0.3) is 0 Å². The summed E-state index contributed by atoms with van der Waals surface area (Å²) in [5, 5.41) is 12.0. The number of hydrogen-bond acceptors (Lipinski definition) is 4. The fraction of sp³-hybridized carbons (Fsp3) is 0.160. The lowest BCUT2D eigenvalue weighted by Crippen LogP contribution is -1.93. The number of pyridine rings is 1. The standard InChI is InChI=1S/C25H22N6S/c1-14-5-4-6-17(22-10-7-15(2)32-22)18-11-21(28-23(14)18)25-24-20(29-30-25)9-8-19(27-24)16-12-26-31(3)13-16/h4-14,28H,1-3H3,(H,29,30). The third-order valence-corrected chi connectivity index (χ3v) is 6.96. The summed E-state index contributed by atoms with van der Waals surface area (Å²) in [5.41, 5.74) is 9.09. The minimum absolute atomic E-state index is 0.276. The van der Waals surface area contributed by atoms with Crippen LogP contribution < -0.4 is 0 Å². The average Bonchev–Trinajstić information content (AvgIpc) is 3.56. The Morgan fingerprint density at radius 3 is 2.84 bits per heavy atom. The molecule has 0 fully saturated rings. The molecule has 0 amide bonds. The van der Waals surface area contributed by atoms with E-state index >= 15 is 0 Å². The van der Waals surface area contributed by atoms with Gasteiger partial charge in [0.05, 0.1) is 23.1 Å². The third-order valence-electron chi connectivity index (χ3n) is 5.93. The number of aromatic amines is 2. The topological polar surface area (TPSA) is 75.2 Å². The summed E-state index contributed by atoms with van der Waals surface area (Å²) in [6.45, 7) is 4.36. The Labute approximate surface area is 189 Å². The van der Waals surface area contributed by atoms with Crippen LogP contribution in [-0.2, 0) is 7.05 Å². The van der Waals surface area contributed by atoms with Crippen molar-refractivity contribution in [3.8, 4) is 22.6 Å². The molecule has 0 aromatic carbocycles. The predicted octanol–water partition coefficient (Wildman–Crippen LogP) is 5.83. The van der Waals surface area contributed by atoms with Gasteiger partial charge in [0, 0.05) is 51.3 Å². The SMILES string of the molecule is Cc1ccc(C2=CC=CC(C)c3[nH]c(-c4n[nH]c5ccc(-c6cnn(C)c6)nc45)cc32)s1. The van der Waals surface area contributed by atoms with Crippen LogP contribution in [0.5, 0.6) is 0 Å². The molecule has 1 aliphatic carbocycles. The summed E-state index contributed by atoms with van der Waals surface area (Å²) in [7, 11) is 1.91. The molecule has 0 aliphatic heterocycles. The van der Waals surface area contributed by atoms with Crippen molar-refractivity contribution in [1.29, 1.82) is 0 Å². The molecule has 5 aromatic heterocycles. The Hall–Kier alpha value is -3.71. The molecule has 2 N–H and O–H groups in total. The van der Waals surface area contributed by atoms with E-state index in [0.29, 0.717) is 0 Å². The van der Waals surface area contributed by atoms with E-state index in [1.807, 2.05) is 42.9 Å². The number of thiophene rings is 1. The van der Waals surface area contributed by atoms with Gasteiger partial charge in [-0.2, -0.15) is 10.2 Å². The second kappa shape index (κ2) is 7.17. The number of allylic oxidation sites excluding steroid dienone is 3. The van der Waals surface area contributed by atoms with Gasteiger partial charge in [-0.05, 0) is 37.3 Å². The van der Waals surface area contributed by atoms with Crippen molar-refractivity contribution >= 4 is 27.9 Å². The van der Waals surface area contributed by atoms with Crippen LogP contribution in [0.25, 0.3) is 39.3 Å². The first-order valence-electron chi connectivity index (χ1n) is 10.6. The molecule has 6 rings (SSSR count). The molecule has 5 aromatic rings. The molecule has 0 bridgehead atoms. The van der Waals surface area contributed by atoms with Crippen molar-refractivity contribution in [2.24, 2.45) is 7.05 Å². The molecule has 0 saturated heterocycles. The van der Waals surface area contributed by atoms with E-state index in [0.717, 1.165) is 33.7 Å². The van der Waals surface area contributed by atoms with Crippen LogP contribution in [0.2, 0.25) is 0 Å². The highest BCUT2D eigenvalue weighted by Crippen LogP contribution is 2.39. The quantitative estimate of drug-likeness (QED) is 0.372. The largest absolute Gasteiger partial charge is 0.356 e. The molecule has 5 heterocycles. The van der Waals surface area contributed by atoms with E-state index < -0.39 is 0 Å². The van der Waals surface area contributed by atoms with Gasteiger partial charge in [0.2, 0.25) is 0 Å². The Balaban J connectivity index is 1.49. The summed E-state index contributed by atoms with van der Waals surface area (Å²) in [6, 6.07) is 10.6. The minimum Gasteiger partial charge on any atom is -0.356 e. The van der Waals surface area contributed by atoms with Crippen LogP contribution in [0.15, 0.2) is 61.0 Å². The molecule has 0 spiro atoms. The van der Waals surface area contributed by atoms with Crippen molar-refractivity contribution in [3.63, 3.8) is 0 Å². The van der Waals surface area contributed by atoms with E-state index in [1.165, 1.54) is 26.6 Å². The highest BCUT2D eigenvalue weighted by atomic mass is 32.1. The number of H-pyrrole nitrogens is 2. The first kappa shape index (κ1) is 19.0. The highest BCUT2D eigenvalue weighted by Gasteiger charge is 2.22. The van der Waals surface area contributed by atoms with Gasteiger partial charge >= 0.3 is 0 Å². The lowest BCUT2D eigenvalue weighted by atomic mass is 10.00. The molecule has 7 heteroatoms. The van der Waals surface area contributed by atoms with Crippen LogP contribution >= 0.6 is 11.3 Å². The van der Waals surface area contributed by atoms with Gasteiger partial charge in [-0.15, -0.1) is 11.3 Å². The molecule has 0 radical (unpaired) electrons. The molecule has 0 saturated carbocycles. The monoisotopic (exact) mass is 438 g/mol. The number of nitrogens with one attached hydrogen (secondary N) is 2. The summed E-state index contributed by atoms with van der Waals surface area (Å²) in [4.78, 5) is 11.2. The van der Waals surface area contributed by atoms with Crippen molar-refractivity contribution in [2.75, 3.05) is 0 Å². The summed E-state index contributed by atoms with van der Waals surface area (Å²) < 4.78 is 1.79. The zero-order valence-corrected chi connectivity index (χ0v) is 18.9. The number of fused-ring (bicyclic) bond motifs is 2. The number of aryl methyl sites for hydroxylation is 2. The molecule has 6 nitrogen and oxygen atoms in total. The lowest BCUT2D eigenvalue weighted by molar-refractivity contribution is 0.768. The van der Waals surface area contributed by atoms with Crippen LogP contribution in [0.3, 0.4) is 0 Å². The van der Waals surface area contributed by atoms with Crippen LogP contribution in [0.4, 0.5) is 0 Å². The number of aromatic nitrogens is 6. The number of rotatable bonds is 3. The fourth-order valence-corrected chi connectivity index (χ4v) is 5.19. The van der Waals surface area contributed by atoms with Gasteiger partial charge in [-0.1, -0.05) is 25.2 Å². The fourth-order valence-electron chi connectivity index (χ4n) is 4.28. The molecule has 1 unspecified atom stereocenters. The average molecular weight is 439 g/mol. The smallest absolute Gasteiger partial charge is 0.135 e. The van der Waals surface area contributed by atoms with E-state index in [9.17, 15) is 0 Å². The Bertz CT molecular complexity index is 1520. The second-order valence-corrected chi connectivity index (χ2v) is 9.53. The van der Waals surface area contributed by atoms with Crippen LogP contribution in [0, 0.1) is 6.92 Å². The van der Waals surface area contributed by atoms with E-state index in [4.69, 9.17) is 4.98 Å². The number of hydrogen-bond donors (Lipinski definition) is 2. The molecule has 32 heavy (non-hydrogen) atoms. The molecule has 1 atom stereocenters. The highest BCUT2D eigenvalue weighted by molar-refractivity contribution is 7.13. The maximum atomic E-state index is 4.93. The normalized spacial score (nSPS) is 15.7. The van der Waals surface area contributed by atoms with E-state index in [2.05, 4.69) is 70.6 Å². The lowest BCUT2D eigenvalue weighted by Gasteiger charge is -2.08. The third kappa shape index (κ3) is 3.05. The van der Waals surface area contributed by atoms with Crippen molar-refractivity contribution < 1.29 is 0 Å². The first-order valence-corrected chi connectivity index (χ1v) is 11.4. The molecular formula is C25H22N6S. The molecule has 158 valence electrons. The van der Waals surface area contributed by atoms with Gasteiger partial charge in [-0.3, -0.25) is 9.78 Å². The zero-order valence-electron chi connectivity index (χ0n) is 18.0. The molecular weight excluding hydrogens is 416 g/mol. The van der Waals surface area contributed by atoms with Crippen LogP contribution in [-0.4, -0.2) is 29.9 Å². The molecule has 1 aliphatic rings. The van der Waals surface area contributed by atoms with Gasteiger partial charge < -0.3 is 4.98 Å². The van der Waals surface area contributed by atoms with Crippen LogP contribution in [0.1, 0.15) is 33.9 Å². The Kier molecular flexibility index (Phi) is 4.26. The maximum Gasteiger partial charge on any atom is 0.135 e. The summed E-state index contributed by atoms with van der Waals surface area (Å²) in [6.07, 6.45) is 10.4. The van der Waals surface area contributed by atoms with Gasteiger partial charge in [0.15, 0.2) is 0 Å². The van der Waals surface area contributed by atoms with E-state index in [-0.39, 0.29) is 5.92 Å². The number of nitrogens with zero attached hydrogens (tertiary/aromatic N) is 4. The Morgan fingerprint density at radius 1 is 1.16 bits per heavy atom.